The van der Waals surface area contributed by atoms with Gasteiger partial charge in [-0.1, -0.05) is 18.2 Å². The van der Waals surface area contributed by atoms with Crippen molar-refractivity contribution in [3.8, 4) is 0 Å². The van der Waals surface area contributed by atoms with Gasteiger partial charge in [0.15, 0.2) is 0 Å². The number of carbonyl (C=O) groups is 1. The SMILES string of the molecule is CCn1c(C(=O)O)cc2ccccc21.II. The summed E-state index contributed by atoms with van der Waals surface area (Å²) in [5.74, 6) is -0.872. The first-order valence-corrected chi connectivity index (χ1v) is 11.0. The number of aromatic carboxylic acids is 1. The first-order chi connectivity index (χ1) is 7.74. The van der Waals surface area contributed by atoms with Crippen LogP contribution in [0.25, 0.3) is 10.9 Å². The molecule has 0 aliphatic heterocycles. The van der Waals surface area contributed by atoms with Gasteiger partial charge in [-0.15, -0.1) is 0 Å². The molecule has 3 nitrogen and oxygen atoms in total. The van der Waals surface area contributed by atoms with Gasteiger partial charge < -0.3 is 9.67 Å². The van der Waals surface area contributed by atoms with Crippen LogP contribution in [-0.2, 0) is 6.54 Å². The second-order valence-electron chi connectivity index (χ2n) is 3.14. The molecule has 0 aliphatic carbocycles. The van der Waals surface area contributed by atoms with Crippen molar-refractivity contribution in [3.05, 3.63) is 36.0 Å². The van der Waals surface area contributed by atoms with Crippen molar-refractivity contribution in [3.63, 3.8) is 0 Å². The summed E-state index contributed by atoms with van der Waals surface area (Å²) in [5.41, 5.74) is 1.33. The number of nitrogens with zero attached hydrogens (tertiary/aromatic N) is 1. The number of halogens is 2. The smallest absolute Gasteiger partial charge is 0.352 e. The number of aryl methyl sites for hydroxylation is 1. The Morgan fingerprint density at radius 1 is 1.38 bits per heavy atom. The summed E-state index contributed by atoms with van der Waals surface area (Å²) in [6.07, 6.45) is 0. The van der Waals surface area contributed by atoms with Crippen LogP contribution in [0.15, 0.2) is 30.3 Å². The zero-order chi connectivity index (χ0) is 12.1. The van der Waals surface area contributed by atoms with Crippen LogP contribution < -0.4 is 0 Å². The third kappa shape index (κ3) is 2.68. The van der Waals surface area contributed by atoms with E-state index < -0.39 is 5.97 Å². The highest BCUT2D eigenvalue weighted by molar-refractivity contribution is 15.0. The quantitative estimate of drug-likeness (QED) is 0.710. The van der Waals surface area contributed by atoms with Gasteiger partial charge >= 0.3 is 5.97 Å². The predicted molar refractivity (Wildman–Crippen MR) is 82.6 cm³/mol. The van der Waals surface area contributed by atoms with Crippen LogP contribution in [0.4, 0.5) is 0 Å². The van der Waals surface area contributed by atoms with E-state index in [2.05, 4.69) is 37.2 Å². The van der Waals surface area contributed by atoms with E-state index in [1.165, 1.54) is 0 Å². The van der Waals surface area contributed by atoms with Crippen molar-refractivity contribution in [2.24, 2.45) is 0 Å². The second kappa shape index (κ2) is 6.43. The van der Waals surface area contributed by atoms with Crippen LogP contribution in [0.5, 0.6) is 0 Å². The van der Waals surface area contributed by atoms with E-state index in [-0.39, 0.29) is 0 Å². The van der Waals surface area contributed by atoms with Crippen LogP contribution in [0.1, 0.15) is 17.4 Å². The number of aromatic nitrogens is 1. The summed E-state index contributed by atoms with van der Waals surface area (Å²) in [6, 6.07) is 9.40. The lowest BCUT2D eigenvalue weighted by molar-refractivity contribution is 0.0686. The van der Waals surface area contributed by atoms with Crippen molar-refractivity contribution in [2.45, 2.75) is 13.5 Å². The molecule has 0 saturated heterocycles. The van der Waals surface area contributed by atoms with Crippen molar-refractivity contribution < 1.29 is 9.90 Å². The highest BCUT2D eigenvalue weighted by atomic mass is 128. The number of fused-ring (bicyclic) bond motifs is 1. The summed E-state index contributed by atoms with van der Waals surface area (Å²) >= 11 is 4.24. The van der Waals surface area contributed by atoms with Crippen molar-refractivity contribution in [1.82, 2.24) is 4.57 Å². The molecule has 5 heteroatoms. The van der Waals surface area contributed by atoms with Gasteiger partial charge in [0, 0.05) is 54.7 Å². The monoisotopic (exact) mass is 443 g/mol. The lowest BCUT2D eigenvalue weighted by Crippen LogP contribution is -2.06. The van der Waals surface area contributed by atoms with Gasteiger partial charge in [0.05, 0.1) is 0 Å². The van der Waals surface area contributed by atoms with E-state index in [1.54, 1.807) is 10.6 Å². The van der Waals surface area contributed by atoms with Crippen LogP contribution in [-0.4, -0.2) is 15.6 Å². The minimum absolute atomic E-state index is 0.355. The molecule has 0 bridgehead atoms. The molecular formula is C11H11I2NO2. The van der Waals surface area contributed by atoms with E-state index in [0.717, 1.165) is 10.9 Å². The maximum absolute atomic E-state index is 10.9. The van der Waals surface area contributed by atoms with E-state index in [1.807, 2.05) is 31.2 Å². The lowest BCUT2D eigenvalue weighted by Gasteiger charge is -2.03. The van der Waals surface area contributed by atoms with Crippen molar-refractivity contribution in [2.75, 3.05) is 0 Å². The molecular weight excluding hydrogens is 432 g/mol. The summed E-state index contributed by atoms with van der Waals surface area (Å²) in [7, 11) is 0. The molecule has 16 heavy (non-hydrogen) atoms. The Balaban J connectivity index is 0.000000606. The van der Waals surface area contributed by atoms with Crippen LogP contribution in [0.2, 0.25) is 0 Å². The average Bonchev–Trinajstić information content (AvgIpc) is 2.70. The molecule has 0 saturated carbocycles. The summed E-state index contributed by atoms with van der Waals surface area (Å²) in [6.45, 7) is 2.62. The van der Waals surface area contributed by atoms with Crippen LogP contribution >= 0.6 is 37.2 Å². The van der Waals surface area contributed by atoms with Gasteiger partial charge in [-0.25, -0.2) is 4.79 Å². The van der Waals surface area contributed by atoms with Gasteiger partial charge in [-0.05, 0) is 19.1 Å². The van der Waals surface area contributed by atoms with Gasteiger partial charge in [-0.2, -0.15) is 0 Å². The maximum atomic E-state index is 10.9. The second-order valence-corrected chi connectivity index (χ2v) is 3.14. The maximum Gasteiger partial charge on any atom is 0.352 e. The number of hydrogen-bond donors (Lipinski definition) is 1. The summed E-state index contributed by atoms with van der Waals surface area (Å²) in [4.78, 5) is 10.9. The Morgan fingerprint density at radius 3 is 2.56 bits per heavy atom. The molecule has 0 radical (unpaired) electrons. The lowest BCUT2D eigenvalue weighted by atomic mass is 10.2. The molecule has 0 aliphatic rings. The number of carboxylic acids is 1. The minimum Gasteiger partial charge on any atom is -0.477 e. The third-order valence-electron chi connectivity index (χ3n) is 2.35. The molecule has 1 aromatic carbocycles. The molecule has 2 aromatic rings. The molecule has 1 N–H and O–H groups in total. The molecule has 1 heterocycles. The molecule has 1 aromatic heterocycles. The van der Waals surface area contributed by atoms with Crippen molar-refractivity contribution in [1.29, 1.82) is 0 Å². The minimum atomic E-state index is -0.872. The zero-order valence-electron chi connectivity index (χ0n) is 8.65. The molecule has 0 atom stereocenters. The highest BCUT2D eigenvalue weighted by Crippen LogP contribution is 2.19. The molecule has 2 rings (SSSR count). The molecule has 0 fully saturated rings. The standard InChI is InChI=1S/C11H11NO2.I2/c1-2-12-9-6-4-3-5-8(9)7-10(12)11(13)14;1-2/h3-7H,2H2,1H3,(H,13,14);. The molecule has 0 unspecified atom stereocenters. The number of benzene rings is 1. The van der Waals surface area contributed by atoms with Gasteiger partial charge in [0.25, 0.3) is 0 Å². The Labute approximate surface area is 117 Å². The number of para-hydroxylation sites is 1. The van der Waals surface area contributed by atoms with Gasteiger partial charge in [-0.3, -0.25) is 0 Å². The first-order valence-electron chi connectivity index (χ1n) is 4.70. The summed E-state index contributed by atoms with van der Waals surface area (Å²) in [5, 5.41) is 9.96. The Hall–Kier alpha value is -0.310. The van der Waals surface area contributed by atoms with E-state index in [9.17, 15) is 4.79 Å². The van der Waals surface area contributed by atoms with Gasteiger partial charge in [0.1, 0.15) is 5.69 Å². The molecule has 86 valence electrons. The third-order valence-corrected chi connectivity index (χ3v) is 2.35. The highest BCUT2D eigenvalue weighted by Gasteiger charge is 2.12. The topological polar surface area (TPSA) is 42.2 Å². The Morgan fingerprint density at radius 2 is 2.00 bits per heavy atom. The molecule has 0 amide bonds. The molecule has 0 spiro atoms. The fraction of sp³-hybridized carbons (Fsp3) is 0.182. The van der Waals surface area contributed by atoms with E-state index >= 15 is 0 Å². The van der Waals surface area contributed by atoms with Crippen LogP contribution in [0, 0.1) is 0 Å². The largest absolute Gasteiger partial charge is 0.477 e. The number of hydrogen-bond acceptors (Lipinski definition) is 1. The van der Waals surface area contributed by atoms with Crippen LogP contribution in [0.3, 0.4) is 0 Å². The van der Waals surface area contributed by atoms with E-state index in [0.29, 0.717) is 12.2 Å². The fourth-order valence-electron chi connectivity index (χ4n) is 1.73. The Bertz CT molecular complexity index is 494. The fourth-order valence-corrected chi connectivity index (χ4v) is 1.73. The number of rotatable bonds is 2. The van der Waals surface area contributed by atoms with Gasteiger partial charge in [0.2, 0.25) is 0 Å². The average molecular weight is 443 g/mol. The van der Waals surface area contributed by atoms with Crippen molar-refractivity contribution >= 4 is 54.1 Å². The summed E-state index contributed by atoms with van der Waals surface area (Å²) < 4.78 is 1.80. The Kier molecular flexibility index (Phi) is 5.53. The zero-order valence-corrected chi connectivity index (χ0v) is 13.0. The first kappa shape index (κ1) is 13.8. The normalized spacial score (nSPS) is 9.69. The van der Waals surface area contributed by atoms with E-state index in [4.69, 9.17) is 5.11 Å². The number of carboxylic acid groups (broad SMARTS) is 1. The predicted octanol–water partition coefficient (Wildman–Crippen LogP) is 4.13.